The number of para-hydroxylation sites is 1. The topological polar surface area (TPSA) is 82.2 Å². The predicted octanol–water partition coefficient (Wildman–Crippen LogP) is 3.85. The molecule has 3 aromatic heterocycles. The van der Waals surface area contributed by atoms with E-state index in [1.54, 1.807) is 36.7 Å². The highest BCUT2D eigenvalue weighted by atomic mass is 16.5. The first-order valence-corrected chi connectivity index (χ1v) is 8.71. The smallest absolute Gasteiger partial charge is 0.283 e. The molecule has 0 bridgehead atoms. The maximum absolute atomic E-state index is 13.2. The molecule has 0 saturated heterocycles. The molecule has 0 amide bonds. The van der Waals surface area contributed by atoms with Crippen LogP contribution in [0.3, 0.4) is 0 Å². The van der Waals surface area contributed by atoms with Crippen molar-refractivity contribution in [3.8, 4) is 17.1 Å². The first kappa shape index (κ1) is 17.5. The van der Waals surface area contributed by atoms with E-state index >= 15 is 0 Å². The van der Waals surface area contributed by atoms with E-state index in [-0.39, 0.29) is 5.91 Å². The summed E-state index contributed by atoms with van der Waals surface area (Å²) in [5, 5.41) is 7.70. The fourth-order valence-corrected chi connectivity index (χ4v) is 2.83. The van der Waals surface area contributed by atoms with Gasteiger partial charge in [0.15, 0.2) is 0 Å². The van der Waals surface area contributed by atoms with E-state index in [2.05, 4.69) is 15.4 Å². The van der Waals surface area contributed by atoms with Gasteiger partial charge < -0.3 is 14.5 Å². The molecule has 0 fully saturated rings. The second kappa shape index (κ2) is 7.79. The van der Waals surface area contributed by atoms with Gasteiger partial charge in [0, 0.05) is 12.3 Å². The summed E-state index contributed by atoms with van der Waals surface area (Å²) < 4.78 is 12.0. The maximum atomic E-state index is 13.2. The lowest BCUT2D eigenvalue weighted by Gasteiger charge is -2.10. The number of nitrogens with one attached hydrogen (secondary N) is 1. The average molecular weight is 374 g/mol. The first-order valence-electron chi connectivity index (χ1n) is 8.71. The van der Waals surface area contributed by atoms with Crippen LogP contribution in [0.25, 0.3) is 11.4 Å². The lowest BCUT2D eigenvalue weighted by Crippen LogP contribution is -2.18. The highest BCUT2D eigenvalue weighted by Crippen LogP contribution is 2.24. The number of aromatic nitrogens is 3. The zero-order valence-corrected chi connectivity index (χ0v) is 15.2. The number of hydrogen-bond donors (Lipinski definition) is 1. The predicted molar refractivity (Wildman–Crippen MR) is 104 cm³/mol. The van der Waals surface area contributed by atoms with Crippen LogP contribution < -0.4 is 10.1 Å². The minimum Gasteiger partial charge on any atom is -0.496 e. The van der Waals surface area contributed by atoms with E-state index in [0.29, 0.717) is 35.1 Å². The summed E-state index contributed by atoms with van der Waals surface area (Å²) >= 11 is 0. The van der Waals surface area contributed by atoms with Gasteiger partial charge in [0.05, 0.1) is 31.2 Å². The van der Waals surface area contributed by atoms with Gasteiger partial charge >= 0.3 is 0 Å². The Morgan fingerprint density at radius 2 is 1.96 bits per heavy atom. The Hall–Kier alpha value is -3.87. The number of methoxy groups -OCH3 is 1. The lowest BCUT2D eigenvalue weighted by molar-refractivity contribution is 0.0945. The zero-order valence-electron chi connectivity index (χ0n) is 15.2. The Bertz CT molecular complexity index is 1070. The van der Waals surface area contributed by atoms with Crippen LogP contribution in [-0.4, -0.2) is 27.8 Å². The summed E-state index contributed by atoms with van der Waals surface area (Å²) in [4.78, 5) is 17.5. The molecular formula is C21H18N4O3. The number of nitrogens with zero attached hydrogens (tertiary/aromatic N) is 3. The molecule has 0 atom stereocenters. The monoisotopic (exact) mass is 374 g/mol. The highest BCUT2D eigenvalue weighted by molar-refractivity contribution is 6.00. The third kappa shape index (κ3) is 3.50. The Labute approximate surface area is 161 Å². The fraction of sp³-hybridized carbons (Fsp3) is 0.0952. The average Bonchev–Trinajstić information content (AvgIpc) is 3.42. The van der Waals surface area contributed by atoms with E-state index in [1.807, 2.05) is 36.4 Å². The maximum Gasteiger partial charge on any atom is 0.283 e. The van der Waals surface area contributed by atoms with Gasteiger partial charge in [0.1, 0.15) is 23.0 Å². The van der Waals surface area contributed by atoms with E-state index in [9.17, 15) is 4.79 Å². The second-order valence-electron chi connectivity index (χ2n) is 5.98. The van der Waals surface area contributed by atoms with Gasteiger partial charge in [-0.3, -0.25) is 9.78 Å². The van der Waals surface area contributed by atoms with Crippen molar-refractivity contribution in [3.63, 3.8) is 0 Å². The normalized spacial score (nSPS) is 10.6. The van der Waals surface area contributed by atoms with Crippen molar-refractivity contribution in [2.24, 2.45) is 0 Å². The third-order valence-electron chi connectivity index (χ3n) is 4.19. The van der Waals surface area contributed by atoms with E-state index in [0.717, 1.165) is 5.76 Å². The summed E-state index contributed by atoms with van der Waals surface area (Å²) in [5.74, 6) is 1.46. The lowest BCUT2D eigenvalue weighted by atomic mass is 10.2. The van der Waals surface area contributed by atoms with Gasteiger partial charge in [0.2, 0.25) is 0 Å². The number of carbonyl (C=O) groups is 1. The van der Waals surface area contributed by atoms with Crippen molar-refractivity contribution >= 4 is 11.7 Å². The van der Waals surface area contributed by atoms with Gasteiger partial charge in [-0.2, -0.15) is 9.78 Å². The molecule has 4 rings (SSSR count). The van der Waals surface area contributed by atoms with Crippen molar-refractivity contribution in [3.05, 3.63) is 84.4 Å². The zero-order chi connectivity index (χ0) is 19.3. The van der Waals surface area contributed by atoms with Crippen molar-refractivity contribution in [2.45, 2.75) is 6.54 Å². The van der Waals surface area contributed by atoms with Crippen molar-refractivity contribution < 1.29 is 13.9 Å². The molecule has 0 aliphatic rings. The minimum atomic E-state index is -0.304. The molecular weight excluding hydrogens is 356 g/mol. The minimum absolute atomic E-state index is 0.304. The number of rotatable bonds is 6. The van der Waals surface area contributed by atoms with Gasteiger partial charge in [-0.15, -0.1) is 0 Å². The number of pyridine rings is 1. The number of ether oxygens (including phenoxy) is 1. The van der Waals surface area contributed by atoms with Gasteiger partial charge in [-0.1, -0.05) is 18.2 Å². The molecule has 0 aliphatic heterocycles. The van der Waals surface area contributed by atoms with Crippen LogP contribution in [0.4, 0.5) is 5.82 Å². The largest absolute Gasteiger partial charge is 0.496 e. The van der Waals surface area contributed by atoms with Crippen LogP contribution in [0, 0.1) is 0 Å². The Balaban J connectivity index is 1.73. The highest BCUT2D eigenvalue weighted by Gasteiger charge is 2.20. The molecule has 4 aromatic rings. The molecule has 7 nitrogen and oxygen atoms in total. The summed E-state index contributed by atoms with van der Waals surface area (Å²) in [6, 6.07) is 18.1. The Morgan fingerprint density at radius 1 is 1.11 bits per heavy atom. The van der Waals surface area contributed by atoms with Crippen molar-refractivity contribution in [2.75, 3.05) is 12.4 Å². The van der Waals surface area contributed by atoms with Crippen LogP contribution in [0.15, 0.2) is 77.5 Å². The molecule has 28 heavy (non-hydrogen) atoms. The van der Waals surface area contributed by atoms with E-state index in [1.165, 1.54) is 11.8 Å². The quantitative estimate of drug-likeness (QED) is 0.552. The molecule has 1 aromatic carbocycles. The van der Waals surface area contributed by atoms with Crippen molar-refractivity contribution in [1.82, 2.24) is 14.8 Å². The van der Waals surface area contributed by atoms with Gasteiger partial charge in [0.25, 0.3) is 5.91 Å². The second-order valence-corrected chi connectivity index (χ2v) is 5.98. The molecule has 1 N–H and O–H groups in total. The van der Waals surface area contributed by atoms with Gasteiger partial charge in [-0.05, 0) is 36.4 Å². The summed E-state index contributed by atoms with van der Waals surface area (Å²) in [7, 11) is 1.53. The standard InChI is InChI=1S/C21H18N4O3/c1-27-19-10-3-2-8-16(19)21(26)25-20(23-14-15-7-6-12-28-15)13-18(24-25)17-9-4-5-11-22-17/h2-13,23H,14H2,1H3. The van der Waals surface area contributed by atoms with Crippen LogP contribution in [0.2, 0.25) is 0 Å². The molecule has 0 saturated carbocycles. The summed E-state index contributed by atoms with van der Waals surface area (Å²) in [6.07, 6.45) is 3.29. The summed E-state index contributed by atoms with van der Waals surface area (Å²) in [6.45, 7) is 0.416. The van der Waals surface area contributed by atoms with Crippen LogP contribution in [-0.2, 0) is 6.54 Å². The molecule has 0 radical (unpaired) electrons. The number of hydrogen-bond acceptors (Lipinski definition) is 6. The third-order valence-corrected chi connectivity index (χ3v) is 4.19. The SMILES string of the molecule is COc1ccccc1C(=O)n1nc(-c2ccccn2)cc1NCc1ccco1. The number of carbonyl (C=O) groups excluding carboxylic acids is 1. The molecule has 0 aliphatic carbocycles. The Kier molecular flexibility index (Phi) is 4.88. The number of furan rings is 1. The molecule has 140 valence electrons. The molecule has 0 spiro atoms. The Morgan fingerprint density at radius 3 is 2.71 bits per heavy atom. The van der Waals surface area contributed by atoms with E-state index < -0.39 is 0 Å². The van der Waals surface area contributed by atoms with Crippen LogP contribution >= 0.6 is 0 Å². The molecule has 0 unspecified atom stereocenters. The number of anilines is 1. The van der Waals surface area contributed by atoms with Crippen molar-refractivity contribution in [1.29, 1.82) is 0 Å². The molecule has 3 heterocycles. The van der Waals surface area contributed by atoms with Gasteiger partial charge in [-0.25, -0.2) is 0 Å². The first-order chi connectivity index (χ1) is 13.8. The number of benzene rings is 1. The summed E-state index contributed by atoms with van der Waals surface area (Å²) in [5.41, 5.74) is 1.68. The van der Waals surface area contributed by atoms with Crippen LogP contribution in [0.1, 0.15) is 16.1 Å². The fourth-order valence-electron chi connectivity index (χ4n) is 2.83. The molecule has 7 heteroatoms. The van der Waals surface area contributed by atoms with Crippen LogP contribution in [0.5, 0.6) is 5.75 Å². The van der Waals surface area contributed by atoms with E-state index in [4.69, 9.17) is 9.15 Å².